The van der Waals surface area contributed by atoms with Gasteiger partial charge in [-0.05, 0) is 23.1 Å². The van der Waals surface area contributed by atoms with E-state index in [0.29, 0.717) is 0 Å². The topological polar surface area (TPSA) is 77.3 Å². The third-order valence-electron chi connectivity index (χ3n) is 3.04. The molecule has 27 heavy (non-hydrogen) atoms. The number of rotatable bonds is 0. The lowest BCUT2D eigenvalue weighted by Crippen LogP contribution is -2.12. The second-order valence-corrected chi connectivity index (χ2v) is 11.2. The molecular weight excluding hydrogens is 396 g/mol. The predicted molar refractivity (Wildman–Crippen MR) is 116 cm³/mol. The van der Waals surface area contributed by atoms with E-state index in [-0.39, 0.29) is 16.2 Å². The van der Waals surface area contributed by atoms with Gasteiger partial charge in [0, 0.05) is 16.2 Å². The largest absolute Gasteiger partial charge is 0.227 e. The number of aromatic nitrogens is 6. The van der Waals surface area contributed by atoms with Gasteiger partial charge in [-0.2, -0.15) is 8.75 Å². The van der Waals surface area contributed by atoms with Gasteiger partial charge in [-0.15, -0.1) is 21.5 Å². The van der Waals surface area contributed by atoms with E-state index in [4.69, 9.17) is 0 Å². The molecule has 0 amide bonds. The van der Waals surface area contributed by atoms with Crippen molar-refractivity contribution in [3.8, 4) is 0 Å². The van der Waals surface area contributed by atoms with Gasteiger partial charge in [0.25, 0.3) is 0 Å². The lowest BCUT2D eigenvalue weighted by molar-refractivity contribution is 0.555. The van der Waals surface area contributed by atoms with Crippen molar-refractivity contribution in [1.82, 2.24) is 28.9 Å². The fourth-order valence-electron chi connectivity index (χ4n) is 1.50. The van der Waals surface area contributed by atoms with Gasteiger partial charge in [-0.1, -0.05) is 62.3 Å². The Morgan fingerprint density at radius 3 is 1.59 bits per heavy atom. The molecule has 0 atom stereocenters. The summed E-state index contributed by atoms with van der Waals surface area (Å²) in [6.45, 7) is 19.1. The molecule has 0 N–H and O–H groups in total. The van der Waals surface area contributed by atoms with Crippen molar-refractivity contribution in [2.24, 2.45) is 0 Å². The van der Waals surface area contributed by atoms with Crippen molar-refractivity contribution in [3.05, 3.63) is 33.2 Å². The molecule has 0 aliphatic rings. The maximum atomic E-state index is 4.12. The highest BCUT2D eigenvalue weighted by Gasteiger charge is 2.17. The standard InChI is InChI=1S/3C6H10N2S/c1-6(2,3)5-8-7-4-9-5;1-6(2,3)5-7-4-9-8-5;1-6(2,3)5-7-4-8-9-5/h3*4H,1-3H3. The molecule has 0 saturated heterocycles. The van der Waals surface area contributed by atoms with Crippen molar-refractivity contribution in [2.45, 2.75) is 78.6 Å². The molecule has 0 fully saturated rings. The minimum atomic E-state index is 0.111. The Morgan fingerprint density at radius 2 is 1.37 bits per heavy atom. The van der Waals surface area contributed by atoms with Crippen molar-refractivity contribution in [1.29, 1.82) is 0 Å². The maximum Gasteiger partial charge on any atom is 0.147 e. The third kappa shape index (κ3) is 8.94. The molecule has 0 saturated carbocycles. The molecule has 150 valence electrons. The first-order valence-corrected chi connectivity index (χ1v) is 11.1. The molecule has 0 bridgehead atoms. The van der Waals surface area contributed by atoms with E-state index in [1.165, 1.54) is 23.1 Å². The summed E-state index contributed by atoms with van der Waals surface area (Å²) in [7, 11) is 0. The monoisotopic (exact) mass is 426 g/mol. The zero-order valence-electron chi connectivity index (χ0n) is 17.6. The van der Waals surface area contributed by atoms with Crippen molar-refractivity contribution < 1.29 is 0 Å². The van der Waals surface area contributed by atoms with Gasteiger partial charge >= 0.3 is 0 Å². The SMILES string of the molecule is CC(C)(C)c1ncns1.CC(C)(C)c1ncsn1.CC(C)(C)c1nncs1. The summed E-state index contributed by atoms with van der Waals surface area (Å²) in [6.07, 6.45) is 1.60. The second-order valence-electron chi connectivity index (χ2n) is 9.00. The van der Waals surface area contributed by atoms with E-state index < -0.39 is 0 Å². The van der Waals surface area contributed by atoms with E-state index in [9.17, 15) is 0 Å². The quantitative estimate of drug-likeness (QED) is 0.472. The molecule has 0 aliphatic carbocycles. The molecule has 3 heterocycles. The van der Waals surface area contributed by atoms with Crippen LogP contribution < -0.4 is 0 Å². The summed E-state index contributed by atoms with van der Waals surface area (Å²) >= 11 is 4.48. The average molecular weight is 427 g/mol. The Bertz CT molecular complexity index is 626. The Balaban J connectivity index is 0.000000202. The summed E-state index contributed by atoms with van der Waals surface area (Å²) in [6, 6.07) is 0. The molecule has 0 aromatic carbocycles. The smallest absolute Gasteiger partial charge is 0.147 e. The third-order valence-corrected chi connectivity index (χ3v) is 5.72. The van der Waals surface area contributed by atoms with Crippen LogP contribution in [0.5, 0.6) is 0 Å². The molecule has 0 aliphatic heterocycles. The fraction of sp³-hybridized carbons (Fsp3) is 0.667. The fourth-order valence-corrected chi connectivity index (χ4v) is 3.32. The minimum Gasteiger partial charge on any atom is -0.227 e. The van der Waals surface area contributed by atoms with Gasteiger partial charge in [0.15, 0.2) is 0 Å². The summed E-state index contributed by atoms with van der Waals surface area (Å²) < 4.78 is 8.04. The summed E-state index contributed by atoms with van der Waals surface area (Å²) in [5.74, 6) is 0.938. The maximum absolute atomic E-state index is 4.12. The zero-order chi connectivity index (χ0) is 20.7. The van der Waals surface area contributed by atoms with Crippen molar-refractivity contribution >= 4 is 34.4 Å². The number of hydrogen-bond donors (Lipinski definition) is 0. The Hall–Kier alpha value is -1.32. The molecule has 6 nitrogen and oxygen atoms in total. The van der Waals surface area contributed by atoms with Crippen LogP contribution in [0.1, 0.15) is 78.2 Å². The average Bonchev–Trinajstić information content (AvgIpc) is 3.28. The van der Waals surface area contributed by atoms with E-state index in [1.54, 1.807) is 28.7 Å². The first-order chi connectivity index (χ1) is 12.3. The van der Waals surface area contributed by atoms with Crippen LogP contribution in [-0.4, -0.2) is 28.9 Å². The highest BCUT2D eigenvalue weighted by Crippen LogP contribution is 2.22. The molecule has 3 aromatic heterocycles. The van der Waals surface area contributed by atoms with Crippen LogP contribution in [0.2, 0.25) is 0 Å². The molecule has 9 heteroatoms. The molecular formula is C18H30N6S3. The summed E-state index contributed by atoms with van der Waals surface area (Å²) in [4.78, 5) is 8.19. The molecule has 0 unspecified atom stereocenters. The van der Waals surface area contributed by atoms with Crippen molar-refractivity contribution in [3.63, 3.8) is 0 Å². The molecule has 0 spiro atoms. The number of nitrogens with zero attached hydrogens (tertiary/aromatic N) is 6. The highest BCUT2D eigenvalue weighted by atomic mass is 32.1. The van der Waals surface area contributed by atoms with Gasteiger partial charge < -0.3 is 0 Å². The van der Waals surface area contributed by atoms with Crippen LogP contribution in [0, 0.1) is 0 Å². The number of hydrogen-bond acceptors (Lipinski definition) is 9. The van der Waals surface area contributed by atoms with Crippen LogP contribution in [0.4, 0.5) is 0 Å². The zero-order valence-corrected chi connectivity index (χ0v) is 20.1. The summed E-state index contributed by atoms with van der Waals surface area (Å²) in [5.41, 5.74) is 3.98. The van der Waals surface area contributed by atoms with Gasteiger partial charge in [0.2, 0.25) is 0 Å². The highest BCUT2D eigenvalue weighted by molar-refractivity contribution is 7.09. The van der Waals surface area contributed by atoms with Gasteiger partial charge in [-0.25, -0.2) is 9.97 Å². The molecule has 3 rings (SSSR count). The van der Waals surface area contributed by atoms with E-state index in [0.717, 1.165) is 15.8 Å². The van der Waals surface area contributed by atoms with Crippen LogP contribution in [0.25, 0.3) is 0 Å². The van der Waals surface area contributed by atoms with Crippen LogP contribution in [-0.2, 0) is 16.2 Å². The first kappa shape index (κ1) is 23.7. The van der Waals surface area contributed by atoms with Crippen LogP contribution >= 0.6 is 34.4 Å². The Morgan fingerprint density at radius 1 is 0.741 bits per heavy atom. The first-order valence-electron chi connectivity index (χ1n) is 8.62. The van der Waals surface area contributed by atoms with Crippen LogP contribution in [0.3, 0.4) is 0 Å². The van der Waals surface area contributed by atoms with Crippen molar-refractivity contribution in [2.75, 3.05) is 0 Å². The minimum absolute atomic E-state index is 0.111. The van der Waals surface area contributed by atoms with E-state index in [1.807, 2.05) is 0 Å². The van der Waals surface area contributed by atoms with Gasteiger partial charge in [0.1, 0.15) is 33.2 Å². The molecule has 3 aromatic rings. The van der Waals surface area contributed by atoms with Gasteiger partial charge in [-0.3, -0.25) is 0 Å². The second kappa shape index (κ2) is 9.75. The summed E-state index contributed by atoms with van der Waals surface area (Å²) in [5, 5.41) is 9.91. The normalized spacial score (nSPS) is 11.9. The lowest BCUT2D eigenvalue weighted by Gasteiger charge is -2.11. The lowest BCUT2D eigenvalue weighted by atomic mass is 9.96. The van der Waals surface area contributed by atoms with Gasteiger partial charge in [0.05, 0.1) is 0 Å². The molecule has 0 radical (unpaired) electrons. The van der Waals surface area contributed by atoms with E-state index >= 15 is 0 Å². The van der Waals surface area contributed by atoms with E-state index in [2.05, 4.69) is 91.2 Å². The predicted octanol–water partition coefficient (Wildman–Crippen LogP) is 5.51. The Labute approximate surface area is 174 Å². The Kier molecular flexibility index (Phi) is 8.56. The van der Waals surface area contributed by atoms with Crippen LogP contribution in [0.15, 0.2) is 17.3 Å².